The smallest absolute Gasteiger partial charge is 0.262 e. The first-order valence-corrected chi connectivity index (χ1v) is 11.0. The third kappa shape index (κ3) is 4.20. The molecule has 3 aromatic carbocycles. The summed E-state index contributed by atoms with van der Waals surface area (Å²) in [5.41, 5.74) is 3.57. The molecule has 1 aliphatic rings. The molecule has 0 bridgehead atoms. The number of hydrogen-bond acceptors (Lipinski definition) is 4. The van der Waals surface area contributed by atoms with Crippen molar-refractivity contribution < 1.29 is 19.2 Å². The van der Waals surface area contributed by atoms with E-state index in [2.05, 4.69) is 10.6 Å². The number of rotatable bonds is 6. The zero-order valence-electron chi connectivity index (χ0n) is 19.2. The van der Waals surface area contributed by atoms with Crippen LogP contribution >= 0.6 is 0 Å². The minimum atomic E-state index is -1.10. The summed E-state index contributed by atoms with van der Waals surface area (Å²) in [5.74, 6) is -2.09. The van der Waals surface area contributed by atoms with Crippen molar-refractivity contribution in [3.63, 3.8) is 0 Å². The summed E-state index contributed by atoms with van der Waals surface area (Å²) in [6.45, 7) is 5.26. The summed E-state index contributed by atoms with van der Waals surface area (Å²) < 4.78 is 0. The predicted octanol–water partition coefficient (Wildman–Crippen LogP) is 3.78. The van der Waals surface area contributed by atoms with Crippen LogP contribution in [0.2, 0.25) is 0 Å². The first kappa shape index (κ1) is 22.9. The first-order chi connectivity index (χ1) is 16.3. The molecule has 0 spiro atoms. The van der Waals surface area contributed by atoms with Crippen molar-refractivity contribution >= 4 is 29.3 Å². The lowest BCUT2D eigenvalue weighted by Gasteiger charge is -2.25. The number of aryl methyl sites for hydroxylation is 2. The molecule has 0 saturated carbocycles. The van der Waals surface area contributed by atoms with Gasteiger partial charge in [0.25, 0.3) is 17.7 Å². The zero-order valence-corrected chi connectivity index (χ0v) is 19.2. The Morgan fingerprint density at radius 1 is 0.735 bits per heavy atom. The number of nitrogens with zero attached hydrogens (tertiary/aromatic N) is 1. The minimum Gasteiger partial charge on any atom is -0.339 e. The Hall–Kier alpha value is -4.26. The standard InChI is InChI=1S/C27H25N3O4/c1-16-10-9-11-17(2)22(16)28-25(32)23(19-12-5-4-6-13-19)29-24(31)18(3)30-26(33)20-14-7-8-15-21(20)27(30)34/h4-15,18,23H,1-3H3,(H,28,32)(H,29,31)/t18-,23+/m0/s1. The number of anilines is 1. The number of hydrogen-bond donors (Lipinski definition) is 2. The second-order valence-electron chi connectivity index (χ2n) is 8.31. The fraction of sp³-hybridized carbons (Fsp3) is 0.185. The van der Waals surface area contributed by atoms with Gasteiger partial charge in [-0.15, -0.1) is 0 Å². The molecule has 1 heterocycles. The molecule has 3 aromatic rings. The van der Waals surface area contributed by atoms with Crippen molar-refractivity contribution in [3.05, 3.63) is 101 Å². The molecule has 34 heavy (non-hydrogen) atoms. The molecule has 172 valence electrons. The average molecular weight is 456 g/mol. The van der Waals surface area contributed by atoms with E-state index in [0.29, 0.717) is 11.3 Å². The van der Waals surface area contributed by atoms with Crippen molar-refractivity contribution in [2.75, 3.05) is 5.32 Å². The lowest BCUT2D eigenvalue weighted by atomic mass is 10.0. The molecule has 0 aliphatic carbocycles. The molecule has 0 unspecified atom stereocenters. The van der Waals surface area contributed by atoms with Gasteiger partial charge in [-0.3, -0.25) is 24.1 Å². The summed E-state index contributed by atoms with van der Waals surface area (Å²) in [5, 5.41) is 5.66. The van der Waals surface area contributed by atoms with E-state index >= 15 is 0 Å². The van der Waals surface area contributed by atoms with Crippen LogP contribution in [0.4, 0.5) is 5.69 Å². The van der Waals surface area contributed by atoms with Crippen LogP contribution < -0.4 is 10.6 Å². The summed E-state index contributed by atoms with van der Waals surface area (Å²) >= 11 is 0. The van der Waals surface area contributed by atoms with Gasteiger partial charge in [0.2, 0.25) is 5.91 Å². The van der Waals surface area contributed by atoms with E-state index in [4.69, 9.17) is 0 Å². The quantitative estimate of drug-likeness (QED) is 0.553. The van der Waals surface area contributed by atoms with Crippen LogP contribution in [0.25, 0.3) is 0 Å². The maximum Gasteiger partial charge on any atom is 0.262 e. The van der Waals surface area contributed by atoms with Crippen LogP contribution in [0.1, 0.15) is 50.4 Å². The number of para-hydroxylation sites is 1. The Morgan fingerprint density at radius 3 is 1.82 bits per heavy atom. The molecular weight excluding hydrogens is 430 g/mol. The number of fused-ring (bicyclic) bond motifs is 1. The molecule has 2 N–H and O–H groups in total. The van der Waals surface area contributed by atoms with Gasteiger partial charge in [-0.1, -0.05) is 60.7 Å². The average Bonchev–Trinajstić information content (AvgIpc) is 3.09. The monoisotopic (exact) mass is 455 g/mol. The Morgan fingerprint density at radius 2 is 1.26 bits per heavy atom. The van der Waals surface area contributed by atoms with E-state index in [1.807, 2.05) is 38.1 Å². The Kier molecular flexibility index (Phi) is 6.27. The van der Waals surface area contributed by atoms with Crippen molar-refractivity contribution in [1.82, 2.24) is 10.2 Å². The SMILES string of the molecule is Cc1cccc(C)c1NC(=O)[C@H](NC(=O)[C@H](C)N1C(=O)c2ccccc2C1=O)c1ccccc1. The Labute approximate surface area is 197 Å². The molecule has 0 fully saturated rings. The van der Waals surface area contributed by atoms with Gasteiger partial charge in [-0.05, 0) is 49.6 Å². The Balaban J connectivity index is 1.59. The highest BCUT2D eigenvalue weighted by molar-refractivity contribution is 6.22. The van der Waals surface area contributed by atoms with Gasteiger partial charge in [0.05, 0.1) is 11.1 Å². The van der Waals surface area contributed by atoms with Crippen molar-refractivity contribution in [2.45, 2.75) is 32.9 Å². The van der Waals surface area contributed by atoms with E-state index in [9.17, 15) is 19.2 Å². The number of carbonyl (C=O) groups is 4. The van der Waals surface area contributed by atoms with Crippen molar-refractivity contribution in [1.29, 1.82) is 0 Å². The highest BCUT2D eigenvalue weighted by Gasteiger charge is 2.41. The van der Waals surface area contributed by atoms with E-state index in [0.717, 1.165) is 16.0 Å². The largest absolute Gasteiger partial charge is 0.339 e. The Bertz CT molecular complexity index is 1230. The first-order valence-electron chi connectivity index (χ1n) is 11.0. The van der Waals surface area contributed by atoms with Crippen LogP contribution in [-0.4, -0.2) is 34.6 Å². The number of amides is 4. The molecule has 2 atom stereocenters. The van der Waals surface area contributed by atoms with Gasteiger partial charge in [-0.2, -0.15) is 0 Å². The van der Waals surface area contributed by atoms with Crippen molar-refractivity contribution in [3.8, 4) is 0 Å². The summed E-state index contributed by atoms with van der Waals surface area (Å²) in [4.78, 5) is 53.1. The topological polar surface area (TPSA) is 95.6 Å². The van der Waals surface area contributed by atoms with E-state index in [-0.39, 0.29) is 11.1 Å². The number of nitrogens with one attached hydrogen (secondary N) is 2. The van der Waals surface area contributed by atoms with Crippen LogP contribution in [0.5, 0.6) is 0 Å². The van der Waals surface area contributed by atoms with Gasteiger partial charge in [-0.25, -0.2) is 0 Å². The molecule has 0 radical (unpaired) electrons. The minimum absolute atomic E-state index is 0.263. The van der Waals surface area contributed by atoms with Gasteiger partial charge in [0.1, 0.15) is 12.1 Å². The molecule has 4 rings (SSSR count). The van der Waals surface area contributed by atoms with Crippen molar-refractivity contribution in [2.24, 2.45) is 0 Å². The molecule has 0 saturated heterocycles. The summed E-state index contributed by atoms with van der Waals surface area (Å²) in [7, 11) is 0. The zero-order chi connectivity index (χ0) is 24.4. The summed E-state index contributed by atoms with van der Waals surface area (Å²) in [6.07, 6.45) is 0. The normalized spacial score (nSPS) is 14.4. The summed E-state index contributed by atoms with van der Waals surface area (Å²) in [6, 6.07) is 18.8. The van der Waals surface area contributed by atoms with Crippen LogP contribution in [0.15, 0.2) is 72.8 Å². The van der Waals surface area contributed by atoms with Crippen LogP contribution in [-0.2, 0) is 9.59 Å². The van der Waals surface area contributed by atoms with Crippen LogP contribution in [0.3, 0.4) is 0 Å². The number of carbonyl (C=O) groups excluding carboxylic acids is 4. The van der Waals surface area contributed by atoms with Gasteiger partial charge in [0.15, 0.2) is 0 Å². The predicted molar refractivity (Wildman–Crippen MR) is 128 cm³/mol. The molecule has 7 heteroatoms. The fourth-order valence-corrected chi connectivity index (χ4v) is 4.09. The van der Waals surface area contributed by atoms with E-state index < -0.39 is 35.7 Å². The van der Waals surface area contributed by atoms with Gasteiger partial charge < -0.3 is 10.6 Å². The highest BCUT2D eigenvalue weighted by atomic mass is 16.2. The second-order valence-corrected chi connectivity index (χ2v) is 8.31. The van der Waals surface area contributed by atoms with E-state index in [1.54, 1.807) is 48.5 Å². The molecule has 7 nitrogen and oxygen atoms in total. The maximum atomic E-state index is 13.3. The maximum absolute atomic E-state index is 13.3. The second kappa shape index (κ2) is 9.31. The third-order valence-corrected chi connectivity index (χ3v) is 6.00. The van der Waals surface area contributed by atoms with E-state index in [1.165, 1.54) is 6.92 Å². The number of benzene rings is 3. The third-order valence-electron chi connectivity index (χ3n) is 6.00. The number of imide groups is 1. The highest BCUT2D eigenvalue weighted by Crippen LogP contribution is 2.26. The van der Waals surface area contributed by atoms with Gasteiger partial charge in [0, 0.05) is 5.69 Å². The molecule has 1 aliphatic heterocycles. The lowest BCUT2D eigenvalue weighted by Crippen LogP contribution is -2.50. The molecule has 4 amide bonds. The van der Waals surface area contributed by atoms with Gasteiger partial charge >= 0.3 is 0 Å². The molecule has 0 aromatic heterocycles. The van der Waals surface area contributed by atoms with Crippen LogP contribution in [0, 0.1) is 13.8 Å². The fourth-order valence-electron chi connectivity index (χ4n) is 4.09. The molecular formula is C27H25N3O4. The lowest BCUT2D eigenvalue weighted by molar-refractivity contribution is -0.129.